The van der Waals surface area contributed by atoms with Crippen molar-refractivity contribution in [3.8, 4) is 0 Å². The van der Waals surface area contributed by atoms with E-state index in [2.05, 4.69) is 26.6 Å². The van der Waals surface area contributed by atoms with Crippen LogP contribution in [0.2, 0.25) is 0 Å². The molecule has 3 atom stereocenters. The second-order valence-electron chi connectivity index (χ2n) is 12.5. The van der Waals surface area contributed by atoms with Gasteiger partial charge in [-0.05, 0) is 36.0 Å². The van der Waals surface area contributed by atoms with E-state index < -0.39 is 65.5 Å². The molecule has 0 saturated carbocycles. The van der Waals surface area contributed by atoms with Crippen LogP contribution in [0.4, 0.5) is 0 Å². The van der Waals surface area contributed by atoms with Gasteiger partial charge in [0.15, 0.2) is 0 Å². The van der Waals surface area contributed by atoms with Crippen LogP contribution in [0, 0.1) is 5.92 Å². The monoisotopic (exact) mass is 732 g/mol. The third kappa shape index (κ3) is 11.9. The highest BCUT2D eigenvalue weighted by Gasteiger charge is 2.38. The Balaban J connectivity index is 1.91. The van der Waals surface area contributed by atoms with Gasteiger partial charge in [-0.1, -0.05) is 112 Å². The molecule has 7 N–H and O–H groups in total. The lowest BCUT2D eigenvalue weighted by molar-refractivity contribution is -0.134. The Kier molecular flexibility index (Phi) is 16.3. The molecule has 0 aromatic heterocycles. The molecule has 278 valence electrons. The first-order chi connectivity index (χ1) is 24.9. The van der Waals surface area contributed by atoms with E-state index >= 15 is 0 Å². The van der Waals surface area contributed by atoms with Crippen LogP contribution in [-0.2, 0) is 33.5 Å². The highest BCUT2D eigenvalue weighted by molar-refractivity contribution is 8.00. The van der Waals surface area contributed by atoms with Crippen molar-refractivity contribution < 1.29 is 34.0 Å². The molecule has 52 heavy (non-hydrogen) atoms. The zero-order valence-corrected chi connectivity index (χ0v) is 30.6. The summed E-state index contributed by atoms with van der Waals surface area (Å²) in [6, 6.07) is 26.2. The average Bonchev–Trinajstić information content (AvgIpc) is 3.16. The van der Waals surface area contributed by atoms with E-state index in [9.17, 15) is 28.8 Å². The van der Waals surface area contributed by atoms with Gasteiger partial charge in [-0.2, -0.15) is 0 Å². The maximum absolute atomic E-state index is 13.7. The van der Waals surface area contributed by atoms with Gasteiger partial charge in [-0.25, -0.2) is 5.48 Å². The number of hydrogen-bond acceptors (Lipinski definition) is 8. The van der Waals surface area contributed by atoms with Gasteiger partial charge >= 0.3 is 0 Å². The minimum atomic E-state index is -1.19. The summed E-state index contributed by atoms with van der Waals surface area (Å²) in [5, 5.41) is 21.7. The smallest absolute Gasteiger partial charge is 0.265 e. The van der Waals surface area contributed by atoms with E-state index in [4.69, 9.17) is 5.21 Å². The SMILES string of the molecule is CCC(=O)NC(CC(C)C)C(=O)NCC(=O)NC(CSC(c1ccccc1)(c1ccccc1)c1ccccc1)C(=O)NCC(=O)NC(C)C(=O)NO. The quantitative estimate of drug-likeness (QED) is 0.0555. The molecule has 0 aliphatic heterocycles. The number of carbonyl (C=O) groups is 6. The maximum Gasteiger partial charge on any atom is 0.265 e. The molecule has 0 aliphatic carbocycles. The van der Waals surface area contributed by atoms with Crippen LogP contribution >= 0.6 is 11.8 Å². The number of hydrogen-bond donors (Lipinski definition) is 7. The molecule has 6 amide bonds. The summed E-state index contributed by atoms with van der Waals surface area (Å²) in [6.07, 6.45) is 0.556. The lowest BCUT2D eigenvalue weighted by Crippen LogP contribution is -2.54. The van der Waals surface area contributed by atoms with E-state index in [0.29, 0.717) is 6.42 Å². The number of hydroxylamine groups is 1. The summed E-state index contributed by atoms with van der Waals surface area (Å²) in [4.78, 5) is 76.4. The van der Waals surface area contributed by atoms with E-state index in [0.717, 1.165) is 16.7 Å². The van der Waals surface area contributed by atoms with Crippen LogP contribution in [0.1, 0.15) is 57.2 Å². The van der Waals surface area contributed by atoms with Crippen LogP contribution < -0.4 is 32.1 Å². The molecule has 0 heterocycles. The lowest BCUT2D eigenvalue weighted by Gasteiger charge is -2.36. The molecule has 13 nitrogen and oxygen atoms in total. The molecule has 3 unspecified atom stereocenters. The summed E-state index contributed by atoms with van der Waals surface area (Å²) < 4.78 is -0.840. The Labute approximate surface area is 308 Å². The number of thioether (sulfide) groups is 1. The van der Waals surface area contributed by atoms with Crippen LogP contribution in [0.15, 0.2) is 91.0 Å². The number of benzene rings is 3. The summed E-state index contributed by atoms with van der Waals surface area (Å²) >= 11 is 1.41. The Morgan fingerprint density at radius 2 is 1.04 bits per heavy atom. The van der Waals surface area contributed by atoms with E-state index in [1.54, 1.807) is 6.92 Å². The fraction of sp³-hybridized carbons (Fsp3) is 0.368. The minimum Gasteiger partial charge on any atom is -0.345 e. The molecule has 0 spiro atoms. The van der Waals surface area contributed by atoms with Gasteiger partial charge in [0.25, 0.3) is 5.91 Å². The van der Waals surface area contributed by atoms with Crippen molar-refractivity contribution in [2.45, 2.75) is 63.4 Å². The standard InChI is InChI=1S/C38H48N6O7S/c1-5-32(45)42-30(21-25(2)3)36(49)39-23-34(47)43-31(37(50)40-22-33(46)41-26(4)35(48)44-51)24-52-38(27-15-9-6-10-16-27,28-17-11-7-12-18-28)29-19-13-8-14-20-29/h6-20,25-26,30-31,51H,5,21-24H2,1-4H3,(H,39,49)(H,40,50)(H,41,46)(H,42,45)(H,43,47)(H,44,48). The molecule has 0 aliphatic rings. The fourth-order valence-electron chi connectivity index (χ4n) is 5.44. The Morgan fingerprint density at radius 1 is 0.615 bits per heavy atom. The predicted molar refractivity (Wildman–Crippen MR) is 199 cm³/mol. The van der Waals surface area contributed by atoms with Gasteiger partial charge < -0.3 is 26.6 Å². The normalized spacial score (nSPS) is 12.8. The highest BCUT2D eigenvalue weighted by atomic mass is 32.2. The molecule has 0 fully saturated rings. The van der Waals surface area contributed by atoms with Crippen molar-refractivity contribution in [3.05, 3.63) is 108 Å². The van der Waals surface area contributed by atoms with Gasteiger partial charge in [-0.3, -0.25) is 34.0 Å². The first-order valence-corrected chi connectivity index (χ1v) is 18.1. The molecule has 0 saturated heterocycles. The van der Waals surface area contributed by atoms with Crippen LogP contribution in [0.5, 0.6) is 0 Å². The van der Waals surface area contributed by atoms with Crippen LogP contribution in [0.25, 0.3) is 0 Å². The third-order valence-electron chi connectivity index (χ3n) is 8.07. The van der Waals surface area contributed by atoms with Gasteiger partial charge in [0.05, 0.1) is 17.8 Å². The van der Waals surface area contributed by atoms with Crippen molar-refractivity contribution in [3.63, 3.8) is 0 Å². The van der Waals surface area contributed by atoms with Crippen molar-refractivity contribution in [1.29, 1.82) is 0 Å². The summed E-state index contributed by atoms with van der Waals surface area (Å²) in [5.41, 5.74) is 4.23. The topological polar surface area (TPSA) is 195 Å². The molecule has 3 aromatic carbocycles. The van der Waals surface area contributed by atoms with Crippen molar-refractivity contribution in [2.24, 2.45) is 5.92 Å². The fourth-order valence-corrected chi connectivity index (χ4v) is 7.00. The van der Waals surface area contributed by atoms with Gasteiger partial charge in [-0.15, -0.1) is 11.8 Å². The number of carbonyl (C=O) groups excluding carboxylic acids is 6. The van der Waals surface area contributed by atoms with E-state index in [1.807, 2.05) is 105 Å². The largest absolute Gasteiger partial charge is 0.345 e. The van der Waals surface area contributed by atoms with E-state index in [1.165, 1.54) is 24.2 Å². The maximum atomic E-state index is 13.7. The number of nitrogens with one attached hydrogen (secondary N) is 6. The van der Waals surface area contributed by atoms with Crippen molar-refractivity contribution in [2.75, 3.05) is 18.8 Å². The first-order valence-electron chi connectivity index (χ1n) is 17.1. The summed E-state index contributed by atoms with van der Waals surface area (Å²) in [5.74, 6) is -3.61. The zero-order valence-electron chi connectivity index (χ0n) is 29.8. The highest BCUT2D eigenvalue weighted by Crippen LogP contribution is 2.48. The zero-order chi connectivity index (χ0) is 38.1. The van der Waals surface area contributed by atoms with Crippen molar-refractivity contribution >= 4 is 47.2 Å². The first kappa shape index (κ1) is 41.2. The second kappa shape index (κ2) is 20.6. The van der Waals surface area contributed by atoms with E-state index in [-0.39, 0.29) is 24.0 Å². The minimum absolute atomic E-state index is 0.0255. The Bertz CT molecular complexity index is 1550. The molecular formula is C38H48N6O7S. The average molecular weight is 733 g/mol. The van der Waals surface area contributed by atoms with Crippen LogP contribution in [-0.4, -0.2) is 77.6 Å². The number of rotatable bonds is 19. The van der Waals surface area contributed by atoms with Crippen LogP contribution in [0.3, 0.4) is 0 Å². The molecule has 0 radical (unpaired) electrons. The second-order valence-corrected chi connectivity index (χ2v) is 13.7. The molecular weight excluding hydrogens is 685 g/mol. The molecule has 0 bridgehead atoms. The summed E-state index contributed by atoms with van der Waals surface area (Å²) in [7, 11) is 0. The molecule has 3 aromatic rings. The van der Waals surface area contributed by atoms with Gasteiger partial charge in [0.2, 0.25) is 29.5 Å². The molecule has 3 rings (SSSR count). The number of amides is 6. The Hall–Kier alpha value is -5.21. The third-order valence-corrected chi connectivity index (χ3v) is 9.71. The van der Waals surface area contributed by atoms with Gasteiger partial charge in [0.1, 0.15) is 18.1 Å². The Morgan fingerprint density at radius 3 is 1.46 bits per heavy atom. The summed E-state index contributed by atoms with van der Waals surface area (Å²) in [6.45, 7) is 5.86. The molecule has 14 heteroatoms. The lowest BCUT2D eigenvalue weighted by atomic mass is 9.84. The van der Waals surface area contributed by atoms with Gasteiger partial charge in [0, 0.05) is 12.2 Å². The van der Waals surface area contributed by atoms with Crippen molar-refractivity contribution in [1.82, 2.24) is 32.1 Å². The predicted octanol–water partition coefficient (Wildman–Crippen LogP) is 2.38.